The van der Waals surface area contributed by atoms with Gasteiger partial charge in [0.05, 0.1) is 24.4 Å². The van der Waals surface area contributed by atoms with Crippen molar-refractivity contribution in [1.29, 1.82) is 0 Å². The normalized spacial score (nSPS) is 10.7. The Balaban J connectivity index is 1.94. The molecule has 144 valence electrons. The van der Waals surface area contributed by atoms with Crippen molar-refractivity contribution >= 4 is 28.1 Å². The molecule has 0 aliphatic carbocycles. The molecule has 0 atom stereocenters. The molecule has 8 heteroatoms. The van der Waals surface area contributed by atoms with Crippen LogP contribution in [0.5, 0.6) is 17.2 Å². The van der Waals surface area contributed by atoms with E-state index >= 15 is 0 Å². The summed E-state index contributed by atoms with van der Waals surface area (Å²) in [6.45, 7) is 2.23. The Morgan fingerprint density at radius 1 is 1.26 bits per heavy atom. The minimum atomic E-state index is -0.531. The number of benzene rings is 2. The van der Waals surface area contributed by atoms with Crippen LogP contribution in [0, 0.1) is 5.82 Å². The number of amides is 1. The third kappa shape index (κ3) is 6.25. The average Bonchev–Trinajstić information content (AvgIpc) is 2.66. The van der Waals surface area contributed by atoms with Crippen molar-refractivity contribution in [3.63, 3.8) is 0 Å². The Morgan fingerprint density at radius 3 is 2.74 bits per heavy atom. The minimum absolute atomic E-state index is 0.00737. The molecule has 0 fully saturated rings. The number of methoxy groups -OCH3 is 1. The SMILES string of the molecule is CCCOc1c(Br)cc(/C=N/NC(=O)COc2ccccc2F)cc1OC. The quantitative estimate of drug-likeness (QED) is 0.475. The first-order valence-corrected chi connectivity index (χ1v) is 9.04. The molecule has 2 aromatic rings. The molecule has 1 amide bonds. The molecule has 0 heterocycles. The third-order valence-electron chi connectivity index (χ3n) is 3.30. The van der Waals surface area contributed by atoms with Gasteiger partial charge < -0.3 is 14.2 Å². The Hall–Kier alpha value is -2.61. The number of hydrazone groups is 1. The fourth-order valence-electron chi connectivity index (χ4n) is 2.07. The van der Waals surface area contributed by atoms with Gasteiger partial charge >= 0.3 is 0 Å². The van der Waals surface area contributed by atoms with Gasteiger partial charge in [-0.1, -0.05) is 19.1 Å². The van der Waals surface area contributed by atoms with Gasteiger partial charge in [0.1, 0.15) is 0 Å². The first-order chi connectivity index (χ1) is 13.0. The van der Waals surface area contributed by atoms with E-state index in [0.717, 1.165) is 6.42 Å². The Morgan fingerprint density at radius 2 is 2.04 bits per heavy atom. The number of carbonyl (C=O) groups excluding carboxylic acids is 1. The summed E-state index contributed by atoms with van der Waals surface area (Å²) < 4.78 is 30.2. The van der Waals surface area contributed by atoms with E-state index in [1.54, 1.807) is 25.3 Å². The fraction of sp³-hybridized carbons (Fsp3) is 0.263. The van der Waals surface area contributed by atoms with Crippen LogP contribution in [0.1, 0.15) is 18.9 Å². The van der Waals surface area contributed by atoms with Crippen molar-refractivity contribution in [2.24, 2.45) is 5.10 Å². The molecular formula is C19H20BrFN2O4. The summed E-state index contributed by atoms with van der Waals surface area (Å²) in [6.07, 6.45) is 2.33. The molecule has 27 heavy (non-hydrogen) atoms. The van der Waals surface area contributed by atoms with Gasteiger partial charge in [0.25, 0.3) is 5.91 Å². The molecule has 2 aromatic carbocycles. The molecule has 0 spiro atoms. The number of nitrogens with one attached hydrogen (secondary N) is 1. The van der Waals surface area contributed by atoms with E-state index in [9.17, 15) is 9.18 Å². The van der Waals surface area contributed by atoms with Crippen LogP contribution in [0.3, 0.4) is 0 Å². The number of para-hydroxylation sites is 1. The van der Waals surface area contributed by atoms with Gasteiger partial charge in [-0.15, -0.1) is 0 Å². The van der Waals surface area contributed by atoms with Gasteiger partial charge in [0.15, 0.2) is 29.7 Å². The lowest BCUT2D eigenvalue weighted by molar-refractivity contribution is -0.123. The third-order valence-corrected chi connectivity index (χ3v) is 3.89. The number of ether oxygens (including phenoxy) is 3. The van der Waals surface area contributed by atoms with Crippen LogP contribution < -0.4 is 19.6 Å². The average molecular weight is 439 g/mol. The number of carbonyl (C=O) groups is 1. The van der Waals surface area contributed by atoms with Gasteiger partial charge in [0.2, 0.25) is 0 Å². The van der Waals surface area contributed by atoms with Crippen LogP contribution in [-0.2, 0) is 4.79 Å². The largest absolute Gasteiger partial charge is 0.493 e. The highest BCUT2D eigenvalue weighted by atomic mass is 79.9. The number of rotatable bonds is 9. The molecule has 6 nitrogen and oxygen atoms in total. The first-order valence-electron chi connectivity index (χ1n) is 8.24. The monoisotopic (exact) mass is 438 g/mol. The molecule has 0 radical (unpaired) electrons. The summed E-state index contributed by atoms with van der Waals surface area (Å²) in [6, 6.07) is 9.38. The van der Waals surface area contributed by atoms with E-state index in [1.165, 1.54) is 24.4 Å². The summed E-state index contributed by atoms with van der Waals surface area (Å²) in [4.78, 5) is 11.8. The number of halogens is 2. The summed E-state index contributed by atoms with van der Waals surface area (Å²) in [5.74, 6) is 0.125. The van der Waals surface area contributed by atoms with Crippen molar-refractivity contribution in [2.75, 3.05) is 20.3 Å². The molecule has 0 saturated carbocycles. The second-order valence-corrected chi connectivity index (χ2v) is 6.25. The van der Waals surface area contributed by atoms with Gasteiger partial charge in [0, 0.05) is 0 Å². The molecule has 1 N–H and O–H groups in total. The molecule has 0 aromatic heterocycles. The smallest absolute Gasteiger partial charge is 0.277 e. The number of hydrogen-bond donors (Lipinski definition) is 1. The van der Waals surface area contributed by atoms with Crippen LogP contribution >= 0.6 is 15.9 Å². The zero-order valence-corrected chi connectivity index (χ0v) is 16.6. The lowest BCUT2D eigenvalue weighted by Gasteiger charge is -2.12. The van der Waals surface area contributed by atoms with Crippen molar-refractivity contribution in [3.8, 4) is 17.2 Å². The predicted molar refractivity (Wildman–Crippen MR) is 104 cm³/mol. The van der Waals surface area contributed by atoms with E-state index < -0.39 is 11.7 Å². The second-order valence-electron chi connectivity index (χ2n) is 5.39. The molecule has 0 bridgehead atoms. The molecule has 2 rings (SSSR count). The van der Waals surface area contributed by atoms with Crippen molar-refractivity contribution in [3.05, 3.63) is 52.3 Å². The summed E-state index contributed by atoms with van der Waals surface area (Å²) in [7, 11) is 1.54. The Labute approximate surface area is 165 Å². The van der Waals surface area contributed by atoms with Gasteiger partial charge in [-0.2, -0.15) is 5.10 Å². The fourth-order valence-corrected chi connectivity index (χ4v) is 2.65. The van der Waals surface area contributed by atoms with E-state index in [0.29, 0.717) is 28.1 Å². The number of nitrogens with zero attached hydrogens (tertiary/aromatic N) is 1. The van der Waals surface area contributed by atoms with Crippen LogP contribution in [0.15, 0.2) is 46.0 Å². The maximum absolute atomic E-state index is 13.4. The van der Waals surface area contributed by atoms with Gasteiger partial charge in [-0.25, -0.2) is 9.82 Å². The van der Waals surface area contributed by atoms with Gasteiger partial charge in [-0.3, -0.25) is 4.79 Å². The van der Waals surface area contributed by atoms with E-state index in [1.807, 2.05) is 6.92 Å². The standard InChI is InChI=1S/C19H20BrFN2O4/c1-3-8-26-19-14(20)9-13(10-17(19)25-2)11-22-23-18(24)12-27-16-7-5-4-6-15(16)21/h4-7,9-11H,3,8,12H2,1-2H3,(H,23,24)/b22-11+. The molecular weight excluding hydrogens is 419 g/mol. The lowest BCUT2D eigenvalue weighted by atomic mass is 10.2. The van der Waals surface area contributed by atoms with E-state index in [-0.39, 0.29) is 12.4 Å². The van der Waals surface area contributed by atoms with E-state index in [4.69, 9.17) is 14.2 Å². The topological polar surface area (TPSA) is 69.2 Å². The highest BCUT2D eigenvalue weighted by molar-refractivity contribution is 9.10. The summed E-state index contributed by atoms with van der Waals surface area (Å²) in [5, 5.41) is 3.87. The predicted octanol–water partition coefficient (Wildman–Crippen LogP) is 3.91. The minimum Gasteiger partial charge on any atom is -0.493 e. The second kappa shape index (κ2) is 10.5. The Kier molecular flexibility index (Phi) is 8.06. The van der Waals surface area contributed by atoms with Crippen molar-refractivity contribution < 1.29 is 23.4 Å². The summed E-state index contributed by atoms with van der Waals surface area (Å²) >= 11 is 3.44. The van der Waals surface area contributed by atoms with E-state index in [2.05, 4.69) is 26.5 Å². The molecule has 0 aliphatic rings. The molecule has 0 aliphatic heterocycles. The van der Waals surface area contributed by atoms with Crippen LogP contribution in [0.2, 0.25) is 0 Å². The maximum Gasteiger partial charge on any atom is 0.277 e. The van der Waals surface area contributed by atoms with Crippen molar-refractivity contribution in [2.45, 2.75) is 13.3 Å². The lowest BCUT2D eigenvalue weighted by Crippen LogP contribution is -2.24. The van der Waals surface area contributed by atoms with Gasteiger partial charge in [-0.05, 0) is 52.2 Å². The molecule has 0 saturated heterocycles. The summed E-state index contributed by atoms with van der Waals surface area (Å²) in [5.41, 5.74) is 3.01. The highest BCUT2D eigenvalue weighted by Gasteiger charge is 2.11. The highest BCUT2D eigenvalue weighted by Crippen LogP contribution is 2.36. The Bertz CT molecular complexity index is 814. The van der Waals surface area contributed by atoms with Crippen LogP contribution in [0.4, 0.5) is 4.39 Å². The zero-order valence-electron chi connectivity index (χ0n) is 15.0. The number of hydrogen-bond acceptors (Lipinski definition) is 5. The van der Waals surface area contributed by atoms with Crippen molar-refractivity contribution in [1.82, 2.24) is 5.43 Å². The first kappa shape index (κ1) is 20.7. The van der Waals surface area contributed by atoms with Crippen LogP contribution in [-0.4, -0.2) is 32.4 Å². The maximum atomic E-state index is 13.4. The zero-order chi connectivity index (χ0) is 19.6. The molecule has 0 unspecified atom stereocenters. The van der Waals surface area contributed by atoms with Crippen LogP contribution in [0.25, 0.3) is 0 Å².